The molecule has 22 heavy (non-hydrogen) atoms. The zero-order chi connectivity index (χ0) is 15.2. The molecular formula is C17H20FN3O. The first-order valence-corrected chi connectivity index (χ1v) is 7.91. The van der Waals surface area contributed by atoms with Crippen molar-refractivity contribution in [1.29, 1.82) is 0 Å². The van der Waals surface area contributed by atoms with Gasteiger partial charge < -0.3 is 5.11 Å². The molecule has 116 valence electrons. The lowest BCUT2D eigenvalue weighted by Crippen LogP contribution is -2.40. The molecule has 2 fully saturated rings. The molecule has 1 aromatic carbocycles. The average Bonchev–Trinajstić information content (AvgIpc) is 2.93. The van der Waals surface area contributed by atoms with Crippen molar-refractivity contribution in [2.45, 2.75) is 43.9 Å². The number of rotatable bonds is 4. The van der Waals surface area contributed by atoms with Crippen LogP contribution in [-0.2, 0) is 6.54 Å². The molecule has 1 atom stereocenters. The number of aromatic nitrogens is 2. The van der Waals surface area contributed by atoms with Crippen molar-refractivity contribution in [3.63, 3.8) is 0 Å². The third-order valence-electron chi connectivity index (χ3n) is 4.87. The highest BCUT2D eigenvalue weighted by atomic mass is 19.1. The Kier molecular flexibility index (Phi) is 3.27. The molecule has 1 saturated heterocycles. The Labute approximate surface area is 129 Å². The van der Waals surface area contributed by atoms with E-state index in [1.165, 1.54) is 6.07 Å². The largest absolute Gasteiger partial charge is 0.388 e. The molecular weight excluding hydrogens is 281 g/mol. The van der Waals surface area contributed by atoms with Crippen molar-refractivity contribution in [2.75, 3.05) is 6.54 Å². The normalized spacial score (nSPS) is 23.8. The lowest BCUT2D eigenvalue weighted by Gasteiger charge is -2.28. The van der Waals surface area contributed by atoms with E-state index in [0.29, 0.717) is 5.69 Å². The summed E-state index contributed by atoms with van der Waals surface area (Å²) in [5, 5.41) is 14.7. The summed E-state index contributed by atoms with van der Waals surface area (Å²) in [6.07, 6.45) is 7.71. The highest BCUT2D eigenvalue weighted by molar-refractivity contribution is 5.33. The van der Waals surface area contributed by atoms with E-state index in [4.69, 9.17) is 0 Å². The van der Waals surface area contributed by atoms with Gasteiger partial charge in [0.25, 0.3) is 0 Å². The molecule has 4 nitrogen and oxygen atoms in total. The van der Waals surface area contributed by atoms with Crippen LogP contribution < -0.4 is 0 Å². The van der Waals surface area contributed by atoms with Crippen molar-refractivity contribution >= 4 is 0 Å². The first kappa shape index (κ1) is 13.9. The van der Waals surface area contributed by atoms with Gasteiger partial charge in [0.1, 0.15) is 11.5 Å². The standard InChI is InChI=1S/C17H20FN3O/c18-14-4-1-2-5-15(14)21-12-13(10-19-21)11-20-9-3-6-16(20)17(22)7-8-17/h1-2,4-5,10,12,16,22H,3,6-9,11H2. The van der Waals surface area contributed by atoms with E-state index in [1.54, 1.807) is 29.1 Å². The third-order valence-corrected chi connectivity index (χ3v) is 4.87. The Hall–Kier alpha value is -1.72. The van der Waals surface area contributed by atoms with Crippen molar-refractivity contribution in [2.24, 2.45) is 0 Å². The van der Waals surface area contributed by atoms with Gasteiger partial charge in [-0.15, -0.1) is 0 Å². The minimum Gasteiger partial charge on any atom is -0.388 e. The fraction of sp³-hybridized carbons (Fsp3) is 0.471. The number of benzene rings is 1. The van der Waals surface area contributed by atoms with Crippen molar-refractivity contribution in [1.82, 2.24) is 14.7 Å². The van der Waals surface area contributed by atoms with Gasteiger partial charge in [0.15, 0.2) is 0 Å². The number of nitrogens with zero attached hydrogens (tertiary/aromatic N) is 3. The molecule has 0 bridgehead atoms. The molecule has 1 N–H and O–H groups in total. The Morgan fingerprint density at radius 3 is 2.91 bits per heavy atom. The molecule has 1 aliphatic heterocycles. The first-order valence-electron chi connectivity index (χ1n) is 7.91. The van der Waals surface area contributed by atoms with Crippen molar-refractivity contribution in [3.05, 3.63) is 48.0 Å². The van der Waals surface area contributed by atoms with Crippen LogP contribution in [0.1, 0.15) is 31.2 Å². The highest BCUT2D eigenvalue weighted by Gasteiger charge is 2.51. The van der Waals surface area contributed by atoms with Gasteiger partial charge in [-0.3, -0.25) is 4.90 Å². The van der Waals surface area contributed by atoms with E-state index in [2.05, 4.69) is 10.00 Å². The quantitative estimate of drug-likeness (QED) is 0.943. The van der Waals surface area contributed by atoms with Crippen LogP contribution in [0.2, 0.25) is 0 Å². The number of aliphatic hydroxyl groups is 1. The summed E-state index contributed by atoms with van der Waals surface area (Å²) >= 11 is 0. The fourth-order valence-electron chi connectivity index (χ4n) is 3.53. The predicted molar refractivity (Wildman–Crippen MR) is 81.1 cm³/mol. The maximum Gasteiger partial charge on any atom is 0.148 e. The van der Waals surface area contributed by atoms with Gasteiger partial charge in [-0.1, -0.05) is 12.1 Å². The Morgan fingerprint density at radius 2 is 2.14 bits per heavy atom. The van der Waals surface area contributed by atoms with E-state index >= 15 is 0 Å². The summed E-state index contributed by atoms with van der Waals surface area (Å²) in [4.78, 5) is 2.34. The van der Waals surface area contributed by atoms with Gasteiger partial charge in [0, 0.05) is 24.3 Å². The van der Waals surface area contributed by atoms with Crippen LogP contribution in [-0.4, -0.2) is 38.0 Å². The fourth-order valence-corrected chi connectivity index (χ4v) is 3.53. The molecule has 5 heteroatoms. The number of halogens is 1. The minimum absolute atomic E-state index is 0.268. The molecule has 1 aliphatic carbocycles. The maximum absolute atomic E-state index is 13.8. The minimum atomic E-state index is -0.460. The highest BCUT2D eigenvalue weighted by Crippen LogP contribution is 2.44. The van der Waals surface area contributed by atoms with Crippen molar-refractivity contribution in [3.8, 4) is 5.69 Å². The van der Waals surface area contributed by atoms with Gasteiger partial charge >= 0.3 is 0 Å². The monoisotopic (exact) mass is 301 g/mol. The number of likely N-dealkylation sites (tertiary alicyclic amines) is 1. The number of hydrogen-bond donors (Lipinski definition) is 1. The Balaban J connectivity index is 1.51. The van der Waals surface area contributed by atoms with Gasteiger partial charge in [0.05, 0.1) is 11.8 Å². The summed E-state index contributed by atoms with van der Waals surface area (Å²) in [6.45, 7) is 1.78. The lowest BCUT2D eigenvalue weighted by molar-refractivity contribution is 0.0481. The second-order valence-corrected chi connectivity index (χ2v) is 6.48. The molecule has 0 radical (unpaired) electrons. The van der Waals surface area contributed by atoms with Crippen LogP contribution in [0.5, 0.6) is 0 Å². The molecule has 1 saturated carbocycles. The molecule has 4 rings (SSSR count). The van der Waals surface area contributed by atoms with Crippen LogP contribution in [0.3, 0.4) is 0 Å². The van der Waals surface area contributed by atoms with E-state index in [0.717, 1.165) is 44.3 Å². The molecule has 1 unspecified atom stereocenters. The van der Waals surface area contributed by atoms with Crippen LogP contribution in [0.15, 0.2) is 36.7 Å². The number of para-hydroxylation sites is 1. The predicted octanol–water partition coefficient (Wildman–Crippen LogP) is 2.50. The maximum atomic E-state index is 13.8. The second kappa shape index (κ2) is 5.18. The molecule has 2 aliphatic rings. The number of hydrogen-bond acceptors (Lipinski definition) is 3. The zero-order valence-corrected chi connectivity index (χ0v) is 12.5. The summed E-state index contributed by atoms with van der Waals surface area (Å²) in [5.74, 6) is -0.275. The van der Waals surface area contributed by atoms with Gasteiger partial charge in [-0.25, -0.2) is 9.07 Å². The topological polar surface area (TPSA) is 41.3 Å². The molecule has 0 spiro atoms. The molecule has 2 aromatic rings. The molecule has 2 heterocycles. The zero-order valence-electron chi connectivity index (χ0n) is 12.5. The van der Waals surface area contributed by atoms with Crippen LogP contribution in [0, 0.1) is 5.82 Å². The molecule has 1 aromatic heterocycles. The second-order valence-electron chi connectivity index (χ2n) is 6.48. The molecule has 0 amide bonds. The van der Waals surface area contributed by atoms with E-state index in [9.17, 15) is 9.50 Å². The SMILES string of the molecule is OC1(C2CCCN2Cc2cnn(-c3ccccc3F)c2)CC1. The first-order chi connectivity index (χ1) is 10.7. The third kappa shape index (κ3) is 2.44. The van der Waals surface area contributed by atoms with Crippen molar-refractivity contribution < 1.29 is 9.50 Å². The van der Waals surface area contributed by atoms with Gasteiger partial charge in [-0.05, 0) is 44.4 Å². The average molecular weight is 301 g/mol. The summed E-state index contributed by atoms with van der Waals surface area (Å²) in [7, 11) is 0. The Morgan fingerprint density at radius 1 is 1.32 bits per heavy atom. The van der Waals surface area contributed by atoms with E-state index in [-0.39, 0.29) is 11.9 Å². The van der Waals surface area contributed by atoms with Crippen LogP contribution >= 0.6 is 0 Å². The van der Waals surface area contributed by atoms with Gasteiger partial charge in [0.2, 0.25) is 0 Å². The van der Waals surface area contributed by atoms with E-state index in [1.807, 2.05) is 6.20 Å². The lowest BCUT2D eigenvalue weighted by atomic mass is 10.1. The van der Waals surface area contributed by atoms with Gasteiger partial charge in [-0.2, -0.15) is 5.10 Å². The van der Waals surface area contributed by atoms with Crippen LogP contribution in [0.4, 0.5) is 4.39 Å². The summed E-state index contributed by atoms with van der Waals surface area (Å²) in [6, 6.07) is 6.91. The summed E-state index contributed by atoms with van der Waals surface area (Å²) < 4.78 is 15.4. The Bertz CT molecular complexity index is 680. The summed E-state index contributed by atoms with van der Waals surface area (Å²) in [5.41, 5.74) is 1.06. The van der Waals surface area contributed by atoms with Crippen LogP contribution in [0.25, 0.3) is 5.69 Å². The smallest absolute Gasteiger partial charge is 0.148 e. The van der Waals surface area contributed by atoms with E-state index < -0.39 is 5.60 Å².